The second kappa shape index (κ2) is 3.29. The first-order valence-corrected chi connectivity index (χ1v) is 4.62. The standard InChI is InChI=1S/C8H5BrFNO3/c9-7-5-3-14-2-4(5)1-6(8(7)10)11(12)13/h1H,2-3H2. The van der Waals surface area contributed by atoms with E-state index in [9.17, 15) is 14.5 Å². The van der Waals surface area contributed by atoms with Crippen LogP contribution in [0.15, 0.2) is 10.5 Å². The molecule has 0 saturated heterocycles. The molecule has 14 heavy (non-hydrogen) atoms. The summed E-state index contributed by atoms with van der Waals surface area (Å²) < 4.78 is 18.6. The molecule has 1 aliphatic rings. The molecule has 0 aromatic heterocycles. The summed E-state index contributed by atoms with van der Waals surface area (Å²) >= 11 is 2.99. The average molecular weight is 262 g/mol. The summed E-state index contributed by atoms with van der Waals surface area (Å²) in [6.07, 6.45) is 0. The number of fused-ring (bicyclic) bond motifs is 1. The molecule has 0 bridgehead atoms. The van der Waals surface area contributed by atoms with Crippen LogP contribution in [-0.2, 0) is 18.0 Å². The number of hydrogen-bond acceptors (Lipinski definition) is 3. The largest absolute Gasteiger partial charge is 0.372 e. The zero-order chi connectivity index (χ0) is 10.3. The molecular weight excluding hydrogens is 257 g/mol. The molecule has 0 saturated carbocycles. The Hall–Kier alpha value is -1.01. The van der Waals surface area contributed by atoms with Gasteiger partial charge in [-0.25, -0.2) is 0 Å². The van der Waals surface area contributed by atoms with Crippen molar-refractivity contribution in [2.75, 3.05) is 0 Å². The van der Waals surface area contributed by atoms with Crippen LogP contribution in [0.5, 0.6) is 0 Å². The maximum atomic E-state index is 13.4. The minimum absolute atomic E-state index is 0.138. The molecule has 0 amide bonds. The number of nitro benzene ring substituents is 1. The first-order chi connectivity index (χ1) is 6.61. The molecule has 4 nitrogen and oxygen atoms in total. The maximum Gasteiger partial charge on any atom is 0.306 e. The van der Waals surface area contributed by atoms with Crippen LogP contribution in [-0.4, -0.2) is 4.92 Å². The molecule has 0 N–H and O–H groups in total. The topological polar surface area (TPSA) is 52.4 Å². The lowest BCUT2D eigenvalue weighted by Crippen LogP contribution is -1.97. The third kappa shape index (κ3) is 1.31. The van der Waals surface area contributed by atoms with Gasteiger partial charge >= 0.3 is 5.69 Å². The maximum absolute atomic E-state index is 13.4. The summed E-state index contributed by atoms with van der Waals surface area (Å²) in [6.45, 7) is 0.597. The second-order valence-corrected chi connectivity index (χ2v) is 3.70. The van der Waals surface area contributed by atoms with E-state index >= 15 is 0 Å². The Labute approximate surface area is 87.0 Å². The summed E-state index contributed by atoms with van der Waals surface area (Å²) in [6, 6.07) is 1.22. The van der Waals surface area contributed by atoms with Crippen molar-refractivity contribution in [1.29, 1.82) is 0 Å². The van der Waals surface area contributed by atoms with Crippen molar-refractivity contribution in [3.63, 3.8) is 0 Å². The van der Waals surface area contributed by atoms with Crippen LogP contribution in [0.3, 0.4) is 0 Å². The van der Waals surface area contributed by atoms with E-state index in [1.54, 1.807) is 0 Å². The molecule has 0 aliphatic carbocycles. The van der Waals surface area contributed by atoms with Gasteiger partial charge in [-0.15, -0.1) is 0 Å². The SMILES string of the molecule is O=[N+]([O-])c1cc2c(c(Br)c1F)COC2. The van der Waals surface area contributed by atoms with E-state index < -0.39 is 16.4 Å². The van der Waals surface area contributed by atoms with Gasteiger partial charge in [-0.3, -0.25) is 10.1 Å². The molecule has 1 aromatic carbocycles. The smallest absolute Gasteiger partial charge is 0.306 e. The van der Waals surface area contributed by atoms with Crippen molar-refractivity contribution < 1.29 is 14.1 Å². The van der Waals surface area contributed by atoms with Crippen molar-refractivity contribution in [3.8, 4) is 0 Å². The molecule has 1 aliphatic heterocycles. The van der Waals surface area contributed by atoms with Gasteiger partial charge in [0.05, 0.1) is 22.6 Å². The fraction of sp³-hybridized carbons (Fsp3) is 0.250. The molecular formula is C8H5BrFNO3. The molecule has 0 radical (unpaired) electrons. The van der Waals surface area contributed by atoms with E-state index in [2.05, 4.69) is 15.9 Å². The monoisotopic (exact) mass is 261 g/mol. The third-order valence-electron chi connectivity index (χ3n) is 2.08. The molecule has 0 atom stereocenters. The van der Waals surface area contributed by atoms with Gasteiger partial charge in [-0.2, -0.15) is 4.39 Å². The normalized spacial score (nSPS) is 14.1. The van der Waals surface area contributed by atoms with Gasteiger partial charge in [0.2, 0.25) is 5.82 Å². The molecule has 0 unspecified atom stereocenters. The van der Waals surface area contributed by atoms with E-state index in [0.29, 0.717) is 24.3 Å². The van der Waals surface area contributed by atoms with Crippen LogP contribution in [0.25, 0.3) is 0 Å². The van der Waals surface area contributed by atoms with Gasteiger partial charge in [0.15, 0.2) is 0 Å². The van der Waals surface area contributed by atoms with Gasteiger partial charge in [0.25, 0.3) is 0 Å². The van der Waals surface area contributed by atoms with Crippen LogP contribution < -0.4 is 0 Å². The van der Waals surface area contributed by atoms with E-state index in [4.69, 9.17) is 4.74 Å². The van der Waals surface area contributed by atoms with Crippen molar-refractivity contribution in [1.82, 2.24) is 0 Å². The molecule has 0 spiro atoms. The number of nitro groups is 1. The van der Waals surface area contributed by atoms with Crippen molar-refractivity contribution in [2.24, 2.45) is 0 Å². The number of benzene rings is 1. The highest BCUT2D eigenvalue weighted by molar-refractivity contribution is 9.10. The highest BCUT2D eigenvalue weighted by Gasteiger charge is 2.26. The summed E-state index contributed by atoms with van der Waals surface area (Å²) in [4.78, 5) is 9.74. The average Bonchev–Trinajstić information content (AvgIpc) is 2.58. The summed E-state index contributed by atoms with van der Waals surface area (Å²) in [7, 11) is 0. The van der Waals surface area contributed by atoms with E-state index in [0.717, 1.165) is 0 Å². The first-order valence-electron chi connectivity index (χ1n) is 3.83. The minimum atomic E-state index is -0.834. The highest BCUT2D eigenvalue weighted by atomic mass is 79.9. The molecule has 1 heterocycles. The first kappa shape index (κ1) is 9.54. The van der Waals surface area contributed by atoms with Crippen molar-refractivity contribution in [3.05, 3.63) is 37.6 Å². The Bertz CT molecular complexity index is 422. The van der Waals surface area contributed by atoms with Crippen LogP contribution in [0.1, 0.15) is 11.1 Å². The Morgan fingerprint density at radius 2 is 2.29 bits per heavy atom. The molecule has 6 heteroatoms. The van der Waals surface area contributed by atoms with Crippen LogP contribution in [0, 0.1) is 15.9 Å². The Morgan fingerprint density at radius 3 is 2.93 bits per heavy atom. The van der Waals surface area contributed by atoms with Gasteiger partial charge in [0, 0.05) is 11.6 Å². The predicted octanol–water partition coefficient (Wildman–Crippen LogP) is 2.53. The number of halogens is 2. The van der Waals surface area contributed by atoms with Crippen LogP contribution >= 0.6 is 15.9 Å². The lowest BCUT2D eigenvalue weighted by molar-refractivity contribution is -0.387. The molecule has 74 valence electrons. The second-order valence-electron chi connectivity index (χ2n) is 2.91. The Morgan fingerprint density at radius 1 is 1.57 bits per heavy atom. The van der Waals surface area contributed by atoms with Crippen LogP contribution in [0.2, 0.25) is 0 Å². The van der Waals surface area contributed by atoms with Crippen molar-refractivity contribution >= 4 is 21.6 Å². The quantitative estimate of drug-likeness (QED) is 0.577. The van der Waals surface area contributed by atoms with Crippen molar-refractivity contribution in [2.45, 2.75) is 13.2 Å². The van der Waals surface area contributed by atoms with Gasteiger partial charge in [-0.1, -0.05) is 0 Å². The third-order valence-corrected chi connectivity index (χ3v) is 2.91. The van der Waals surface area contributed by atoms with E-state index in [1.165, 1.54) is 6.07 Å². The van der Waals surface area contributed by atoms with Gasteiger partial charge in [-0.05, 0) is 21.5 Å². The molecule has 0 fully saturated rings. The van der Waals surface area contributed by atoms with E-state index in [-0.39, 0.29) is 4.47 Å². The zero-order valence-corrected chi connectivity index (χ0v) is 8.51. The lowest BCUT2D eigenvalue weighted by atomic mass is 10.1. The zero-order valence-electron chi connectivity index (χ0n) is 6.92. The summed E-state index contributed by atoms with van der Waals surface area (Å²) in [5, 5.41) is 10.5. The molecule has 1 aromatic rings. The number of rotatable bonds is 1. The Kier molecular flexibility index (Phi) is 2.24. The fourth-order valence-corrected chi connectivity index (χ4v) is 1.95. The fourth-order valence-electron chi connectivity index (χ4n) is 1.38. The van der Waals surface area contributed by atoms with Crippen LogP contribution in [0.4, 0.5) is 10.1 Å². The Balaban J connectivity index is 2.67. The van der Waals surface area contributed by atoms with E-state index in [1.807, 2.05) is 0 Å². The number of hydrogen-bond donors (Lipinski definition) is 0. The van der Waals surface area contributed by atoms with Gasteiger partial charge < -0.3 is 4.74 Å². The highest BCUT2D eigenvalue weighted by Crippen LogP contribution is 2.35. The molecule has 2 rings (SSSR count). The summed E-state index contributed by atoms with van der Waals surface area (Å²) in [5.41, 5.74) is 0.819. The summed E-state index contributed by atoms with van der Waals surface area (Å²) in [5.74, 6) is -0.834. The van der Waals surface area contributed by atoms with Gasteiger partial charge in [0.1, 0.15) is 0 Å². The minimum Gasteiger partial charge on any atom is -0.372 e. The number of nitrogens with zero attached hydrogens (tertiary/aromatic N) is 1. The number of ether oxygens (including phenoxy) is 1. The predicted molar refractivity (Wildman–Crippen MR) is 49.2 cm³/mol. The lowest BCUT2D eigenvalue weighted by Gasteiger charge is -2.02.